The zero-order valence-electron chi connectivity index (χ0n) is 13.2. The van der Waals surface area contributed by atoms with Crippen LogP contribution in [0.2, 0.25) is 10.0 Å². The van der Waals surface area contributed by atoms with Crippen molar-refractivity contribution in [3.8, 4) is 0 Å². The number of carbonyl (C=O) groups excluding carboxylic acids is 1. The van der Waals surface area contributed by atoms with Gasteiger partial charge in [0.2, 0.25) is 3.79 Å². The molecule has 4 nitrogen and oxygen atoms in total. The Kier molecular flexibility index (Phi) is 8.54. The molecule has 0 aliphatic carbocycles. The number of amides is 1. The lowest BCUT2D eigenvalue weighted by Gasteiger charge is -2.28. The van der Waals surface area contributed by atoms with Gasteiger partial charge >= 0.3 is 0 Å². The second-order valence-corrected chi connectivity index (χ2v) is 9.99. The highest BCUT2D eigenvalue weighted by Crippen LogP contribution is 2.31. The molecule has 2 aromatic rings. The second kappa shape index (κ2) is 10.0. The van der Waals surface area contributed by atoms with E-state index in [0.717, 1.165) is 3.57 Å². The highest BCUT2D eigenvalue weighted by Gasteiger charge is 2.35. The summed E-state index contributed by atoms with van der Waals surface area (Å²) in [5.41, 5.74) is 0.807. The topological polar surface area (TPSA) is 53.2 Å². The fourth-order valence-electron chi connectivity index (χ4n) is 1.94. The number of anilines is 1. The maximum Gasteiger partial charge on any atom is 0.253 e. The molecular weight excluding hydrogens is 586 g/mol. The zero-order chi connectivity index (χ0) is 20.2. The zero-order valence-corrected chi connectivity index (χ0v) is 20.0. The molecule has 3 N–H and O–H groups in total. The van der Waals surface area contributed by atoms with Crippen molar-refractivity contribution in [1.82, 2.24) is 10.6 Å². The highest BCUT2D eigenvalue weighted by molar-refractivity contribution is 14.1. The summed E-state index contributed by atoms with van der Waals surface area (Å²) < 4.78 is -0.989. The average molecular weight is 598 g/mol. The molecular formula is C16H11Cl5IN3OS. The van der Waals surface area contributed by atoms with Crippen molar-refractivity contribution in [3.05, 3.63) is 61.6 Å². The fourth-order valence-corrected chi connectivity index (χ4v) is 3.52. The number of para-hydroxylation sites is 1. The maximum atomic E-state index is 12.5. The Morgan fingerprint density at radius 3 is 2.19 bits per heavy atom. The number of rotatable bonds is 4. The van der Waals surface area contributed by atoms with Gasteiger partial charge in [-0.2, -0.15) is 0 Å². The number of carbonyl (C=O) groups is 1. The molecule has 1 atom stereocenters. The molecule has 0 aliphatic heterocycles. The monoisotopic (exact) mass is 595 g/mol. The standard InChI is InChI=1S/C16H11Cl5IN3OS/c17-10-5-2-6-11(18)12(10)23-15(27)25-14(16(19,20)21)24-13(26)8-3-1-4-9(22)7-8/h1-7,14H,(H,24,26)(H2,23,25,27)/t14-/m0/s1. The molecule has 0 bridgehead atoms. The third kappa shape index (κ3) is 6.96. The van der Waals surface area contributed by atoms with Crippen LogP contribution in [0.5, 0.6) is 0 Å². The summed E-state index contributed by atoms with van der Waals surface area (Å²) in [6.07, 6.45) is -1.12. The van der Waals surface area contributed by atoms with E-state index in [2.05, 4.69) is 38.5 Å². The maximum absolute atomic E-state index is 12.5. The lowest BCUT2D eigenvalue weighted by Crippen LogP contribution is -2.56. The SMILES string of the molecule is O=C(N[C@@H](NC(=S)Nc1c(Cl)cccc1Cl)C(Cl)(Cl)Cl)c1cccc(I)c1. The Balaban J connectivity index is 2.12. The van der Waals surface area contributed by atoms with Gasteiger partial charge in [0.05, 0.1) is 15.7 Å². The molecule has 1 amide bonds. The molecule has 0 saturated carbocycles. The normalized spacial score (nSPS) is 12.2. The van der Waals surface area contributed by atoms with E-state index in [4.69, 9.17) is 70.2 Å². The minimum atomic E-state index is -1.88. The quantitative estimate of drug-likeness (QED) is 0.175. The molecule has 144 valence electrons. The van der Waals surface area contributed by atoms with Crippen LogP contribution < -0.4 is 16.0 Å². The van der Waals surface area contributed by atoms with Crippen molar-refractivity contribution >= 4 is 110 Å². The molecule has 0 radical (unpaired) electrons. The van der Waals surface area contributed by atoms with Gasteiger partial charge in [0, 0.05) is 9.13 Å². The van der Waals surface area contributed by atoms with Crippen molar-refractivity contribution < 1.29 is 4.79 Å². The van der Waals surface area contributed by atoms with E-state index in [-0.39, 0.29) is 5.11 Å². The van der Waals surface area contributed by atoms with Crippen LogP contribution in [0, 0.1) is 3.57 Å². The summed E-state index contributed by atoms with van der Waals surface area (Å²) in [6.45, 7) is 0. The molecule has 27 heavy (non-hydrogen) atoms. The molecule has 0 fully saturated rings. The molecule has 0 saturated heterocycles. The highest BCUT2D eigenvalue weighted by atomic mass is 127. The lowest BCUT2D eigenvalue weighted by atomic mass is 10.2. The predicted octanol–water partition coefficient (Wildman–Crippen LogP) is 6.01. The Morgan fingerprint density at radius 1 is 1.04 bits per heavy atom. The van der Waals surface area contributed by atoms with E-state index < -0.39 is 15.9 Å². The summed E-state index contributed by atoms with van der Waals surface area (Å²) in [7, 11) is 0. The van der Waals surface area contributed by atoms with Gasteiger partial charge < -0.3 is 16.0 Å². The number of thiocarbonyl (C=S) groups is 1. The number of hydrogen-bond acceptors (Lipinski definition) is 2. The van der Waals surface area contributed by atoms with E-state index in [1.807, 2.05) is 6.07 Å². The molecule has 2 aromatic carbocycles. The number of nitrogens with one attached hydrogen (secondary N) is 3. The van der Waals surface area contributed by atoms with Gasteiger partial charge in [-0.1, -0.05) is 70.1 Å². The van der Waals surface area contributed by atoms with Gasteiger partial charge in [0.1, 0.15) is 6.17 Å². The molecule has 0 unspecified atom stereocenters. The van der Waals surface area contributed by atoms with Crippen molar-refractivity contribution in [2.45, 2.75) is 9.96 Å². The Hall–Kier alpha value is -0.220. The molecule has 2 rings (SSSR count). The molecule has 0 heterocycles. The summed E-state index contributed by atoms with van der Waals surface area (Å²) in [5.74, 6) is -0.434. The lowest BCUT2D eigenvalue weighted by molar-refractivity contribution is 0.0934. The van der Waals surface area contributed by atoms with Crippen LogP contribution >= 0.6 is 92.8 Å². The first-order valence-electron chi connectivity index (χ1n) is 7.22. The predicted molar refractivity (Wildman–Crippen MR) is 127 cm³/mol. The Morgan fingerprint density at radius 2 is 1.63 bits per heavy atom. The summed E-state index contributed by atoms with van der Waals surface area (Å²) in [6, 6.07) is 11.9. The van der Waals surface area contributed by atoms with Gasteiger partial charge in [-0.15, -0.1) is 0 Å². The van der Waals surface area contributed by atoms with Crippen molar-refractivity contribution in [2.24, 2.45) is 0 Å². The van der Waals surface area contributed by atoms with Crippen molar-refractivity contribution in [3.63, 3.8) is 0 Å². The largest absolute Gasteiger partial charge is 0.339 e. The van der Waals surface area contributed by atoms with Crippen molar-refractivity contribution in [1.29, 1.82) is 0 Å². The molecule has 0 spiro atoms. The Bertz CT molecular complexity index is 842. The number of hydrogen-bond donors (Lipinski definition) is 3. The number of halogens is 6. The van der Waals surface area contributed by atoms with E-state index in [0.29, 0.717) is 21.3 Å². The third-order valence-electron chi connectivity index (χ3n) is 3.17. The third-order valence-corrected chi connectivity index (χ3v) is 5.34. The van der Waals surface area contributed by atoms with Crippen LogP contribution in [-0.4, -0.2) is 21.0 Å². The smallest absolute Gasteiger partial charge is 0.253 e. The van der Waals surface area contributed by atoms with Crippen LogP contribution in [0.1, 0.15) is 10.4 Å². The number of alkyl halides is 3. The van der Waals surface area contributed by atoms with Crippen LogP contribution in [-0.2, 0) is 0 Å². The first-order chi connectivity index (χ1) is 12.6. The van der Waals surface area contributed by atoms with E-state index in [9.17, 15) is 4.79 Å². The van der Waals surface area contributed by atoms with Crippen LogP contribution in [0.4, 0.5) is 5.69 Å². The fraction of sp³-hybridized carbons (Fsp3) is 0.125. The van der Waals surface area contributed by atoms with Gasteiger partial charge in [-0.05, 0) is 65.1 Å². The minimum Gasteiger partial charge on any atom is -0.339 e. The molecule has 11 heteroatoms. The van der Waals surface area contributed by atoms with Gasteiger partial charge in [0.25, 0.3) is 5.91 Å². The Labute approximate surface area is 200 Å². The number of benzene rings is 2. The van der Waals surface area contributed by atoms with Crippen LogP contribution in [0.15, 0.2) is 42.5 Å². The summed E-state index contributed by atoms with van der Waals surface area (Å²) in [5, 5.41) is 8.97. The molecule has 0 aromatic heterocycles. The van der Waals surface area contributed by atoms with Crippen LogP contribution in [0.25, 0.3) is 0 Å². The van der Waals surface area contributed by atoms with Gasteiger partial charge in [-0.25, -0.2) is 0 Å². The minimum absolute atomic E-state index is 0.0595. The summed E-state index contributed by atoms with van der Waals surface area (Å²) in [4.78, 5) is 12.5. The summed E-state index contributed by atoms with van der Waals surface area (Å²) >= 11 is 37.5. The first-order valence-corrected chi connectivity index (χ1v) is 10.6. The van der Waals surface area contributed by atoms with Crippen LogP contribution in [0.3, 0.4) is 0 Å². The van der Waals surface area contributed by atoms with E-state index in [1.165, 1.54) is 0 Å². The van der Waals surface area contributed by atoms with E-state index >= 15 is 0 Å². The first kappa shape index (κ1) is 23.1. The van der Waals surface area contributed by atoms with Gasteiger partial charge in [-0.3, -0.25) is 4.79 Å². The van der Waals surface area contributed by atoms with Crippen molar-refractivity contribution in [2.75, 3.05) is 5.32 Å². The van der Waals surface area contributed by atoms with Gasteiger partial charge in [0.15, 0.2) is 5.11 Å². The second-order valence-electron chi connectivity index (χ2n) is 5.15. The average Bonchev–Trinajstić information content (AvgIpc) is 2.57. The van der Waals surface area contributed by atoms with E-state index in [1.54, 1.807) is 36.4 Å². The molecule has 0 aliphatic rings.